The monoisotopic (exact) mass is 390 g/mol. The molecule has 2 aromatic carbocycles. The molecule has 4 rings (SSSR count). The standard InChI is InChI=1S/C19H16Cl2N2OS/c20-12-7-8-13-16(11-12)25-18(17(13)21)19(24)22-14-5-1-2-6-15(14)23-9-3-4-10-23/h1-2,5-8,11H,3-4,9-10H2,(H,22,24). The summed E-state index contributed by atoms with van der Waals surface area (Å²) in [5.74, 6) is -0.186. The van der Waals surface area contributed by atoms with E-state index in [1.54, 1.807) is 6.07 Å². The molecule has 2 heterocycles. The number of carbonyl (C=O) groups is 1. The van der Waals surface area contributed by atoms with Gasteiger partial charge in [-0.05, 0) is 37.1 Å². The lowest BCUT2D eigenvalue weighted by Gasteiger charge is -2.21. The van der Waals surface area contributed by atoms with Crippen LogP contribution in [0.4, 0.5) is 11.4 Å². The van der Waals surface area contributed by atoms with Crippen LogP contribution in [0, 0.1) is 0 Å². The van der Waals surface area contributed by atoms with Crippen LogP contribution in [0.5, 0.6) is 0 Å². The van der Waals surface area contributed by atoms with E-state index in [4.69, 9.17) is 23.2 Å². The first kappa shape index (κ1) is 16.7. The Kier molecular flexibility index (Phi) is 4.59. The van der Waals surface area contributed by atoms with Gasteiger partial charge in [-0.2, -0.15) is 0 Å². The van der Waals surface area contributed by atoms with Gasteiger partial charge in [0, 0.05) is 28.2 Å². The fraction of sp³-hybridized carbons (Fsp3) is 0.211. The van der Waals surface area contributed by atoms with Gasteiger partial charge in [0.15, 0.2) is 0 Å². The third-order valence-corrected chi connectivity index (χ3v) is 6.29. The highest BCUT2D eigenvalue weighted by Crippen LogP contribution is 2.37. The third-order valence-electron chi connectivity index (χ3n) is 4.40. The molecule has 3 nitrogen and oxygen atoms in total. The van der Waals surface area contributed by atoms with Crippen molar-refractivity contribution in [1.82, 2.24) is 0 Å². The van der Waals surface area contributed by atoms with Crippen molar-refractivity contribution in [1.29, 1.82) is 0 Å². The highest BCUT2D eigenvalue weighted by molar-refractivity contribution is 7.21. The molecule has 0 atom stereocenters. The van der Waals surface area contributed by atoms with Crippen LogP contribution in [0.15, 0.2) is 42.5 Å². The van der Waals surface area contributed by atoms with Crippen molar-refractivity contribution < 1.29 is 4.79 Å². The van der Waals surface area contributed by atoms with Gasteiger partial charge in [0.1, 0.15) is 4.88 Å². The summed E-state index contributed by atoms with van der Waals surface area (Å²) in [6.45, 7) is 2.05. The molecule has 1 aromatic heterocycles. The number of halogens is 2. The van der Waals surface area contributed by atoms with Crippen LogP contribution < -0.4 is 10.2 Å². The third kappa shape index (κ3) is 3.22. The summed E-state index contributed by atoms with van der Waals surface area (Å²) in [5, 5.41) is 5.00. The minimum Gasteiger partial charge on any atom is -0.370 e. The smallest absolute Gasteiger partial charge is 0.267 e. The van der Waals surface area contributed by atoms with E-state index in [9.17, 15) is 4.79 Å². The van der Waals surface area contributed by atoms with Crippen LogP contribution in [-0.2, 0) is 0 Å². The summed E-state index contributed by atoms with van der Waals surface area (Å²) < 4.78 is 0.912. The zero-order valence-corrected chi connectivity index (χ0v) is 15.7. The van der Waals surface area contributed by atoms with E-state index in [2.05, 4.69) is 10.2 Å². The van der Waals surface area contributed by atoms with E-state index >= 15 is 0 Å². The molecule has 0 saturated carbocycles. The Morgan fingerprint density at radius 1 is 1.08 bits per heavy atom. The number of benzene rings is 2. The van der Waals surface area contributed by atoms with E-state index in [-0.39, 0.29) is 5.91 Å². The summed E-state index contributed by atoms with van der Waals surface area (Å²) in [6, 6.07) is 13.4. The molecule has 0 bridgehead atoms. The number of para-hydroxylation sites is 2. The molecule has 1 aliphatic heterocycles. The second kappa shape index (κ2) is 6.87. The lowest BCUT2D eigenvalue weighted by atomic mass is 10.2. The minimum absolute atomic E-state index is 0.186. The van der Waals surface area contributed by atoms with E-state index in [1.165, 1.54) is 24.2 Å². The van der Waals surface area contributed by atoms with Gasteiger partial charge < -0.3 is 10.2 Å². The molecular weight excluding hydrogens is 375 g/mol. The number of thiophene rings is 1. The van der Waals surface area contributed by atoms with Gasteiger partial charge in [0.05, 0.1) is 16.4 Å². The molecule has 1 saturated heterocycles. The maximum atomic E-state index is 12.8. The lowest BCUT2D eigenvalue weighted by molar-refractivity contribution is 0.103. The minimum atomic E-state index is -0.186. The fourth-order valence-corrected chi connectivity index (χ4v) is 4.87. The van der Waals surface area contributed by atoms with Crippen LogP contribution in [0.3, 0.4) is 0 Å². The Balaban J connectivity index is 1.66. The van der Waals surface area contributed by atoms with E-state index in [1.807, 2.05) is 36.4 Å². The number of hydrogen-bond acceptors (Lipinski definition) is 3. The molecule has 25 heavy (non-hydrogen) atoms. The van der Waals surface area contributed by atoms with Crippen molar-refractivity contribution in [3.05, 3.63) is 57.4 Å². The Morgan fingerprint density at radius 2 is 1.84 bits per heavy atom. The summed E-state index contributed by atoms with van der Waals surface area (Å²) >= 11 is 13.8. The van der Waals surface area contributed by atoms with Gasteiger partial charge in [-0.15, -0.1) is 11.3 Å². The zero-order chi connectivity index (χ0) is 17.4. The van der Waals surface area contributed by atoms with Gasteiger partial charge >= 0.3 is 0 Å². The molecule has 1 N–H and O–H groups in total. The van der Waals surface area contributed by atoms with E-state index in [0.29, 0.717) is 14.9 Å². The normalized spacial score (nSPS) is 14.2. The molecule has 6 heteroatoms. The topological polar surface area (TPSA) is 32.3 Å². The predicted octanol–water partition coefficient (Wildman–Crippen LogP) is 6.06. The summed E-state index contributed by atoms with van der Waals surface area (Å²) in [4.78, 5) is 15.6. The van der Waals surface area contributed by atoms with E-state index in [0.717, 1.165) is 34.6 Å². The predicted molar refractivity (Wildman–Crippen MR) is 108 cm³/mol. The van der Waals surface area contributed by atoms with Gasteiger partial charge in [-0.3, -0.25) is 4.79 Å². The summed E-state index contributed by atoms with van der Waals surface area (Å²) in [7, 11) is 0. The van der Waals surface area contributed by atoms with Crippen molar-refractivity contribution in [2.24, 2.45) is 0 Å². The first-order valence-corrected chi connectivity index (χ1v) is 9.73. The Hall–Kier alpha value is -1.75. The van der Waals surface area contributed by atoms with Crippen molar-refractivity contribution in [3.8, 4) is 0 Å². The molecule has 0 spiro atoms. The Bertz CT molecular complexity index is 948. The molecule has 0 aliphatic carbocycles. The SMILES string of the molecule is O=C(Nc1ccccc1N1CCCC1)c1sc2cc(Cl)ccc2c1Cl. The van der Waals surface area contributed by atoms with Crippen LogP contribution >= 0.6 is 34.5 Å². The number of fused-ring (bicyclic) bond motifs is 1. The quantitative estimate of drug-likeness (QED) is 0.589. The fourth-order valence-electron chi connectivity index (χ4n) is 3.18. The molecule has 1 fully saturated rings. The number of carbonyl (C=O) groups excluding carboxylic acids is 1. The molecule has 3 aromatic rings. The van der Waals surface area contributed by atoms with Crippen LogP contribution in [0.1, 0.15) is 22.5 Å². The highest BCUT2D eigenvalue weighted by Gasteiger charge is 2.20. The first-order valence-electron chi connectivity index (χ1n) is 8.16. The average Bonchev–Trinajstić information content (AvgIpc) is 3.24. The van der Waals surface area contributed by atoms with Crippen LogP contribution in [0.25, 0.3) is 10.1 Å². The molecule has 1 aliphatic rings. The van der Waals surface area contributed by atoms with Crippen molar-refractivity contribution >= 4 is 61.9 Å². The molecule has 1 amide bonds. The van der Waals surface area contributed by atoms with Gasteiger partial charge in [0.2, 0.25) is 0 Å². The maximum absolute atomic E-state index is 12.8. The number of anilines is 2. The number of nitrogens with zero attached hydrogens (tertiary/aromatic N) is 1. The summed E-state index contributed by atoms with van der Waals surface area (Å²) in [6.07, 6.45) is 2.37. The van der Waals surface area contributed by atoms with E-state index < -0.39 is 0 Å². The molecule has 128 valence electrons. The van der Waals surface area contributed by atoms with Gasteiger partial charge in [-0.1, -0.05) is 41.4 Å². The lowest BCUT2D eigenvalue weighted by Crippen LogP contribution is -2.20. The number of rotatable bonds is 3. The Morgan fingerprint density at radius 3 is 2.64 bits per heavy atom. The van der Waals surface area contributed by atoms with Crippen molar-refractivity contribution in [2.75, 3.05) is 23.3 Å². The molecular formula is C19H16Cl2N2OS. The number of hydrogen-bond donors (Lipinski definition) is 1. The maximum Gasteiger partial charge on any atom is 0.267 e. The molecule has 0 unspecified atom stereocenters. The second-order valence-electron chi connectivity index (χ2n) is 6.05. The van der Waals surface area contributed by atoms with Gasteiger partial charge in [0.25, 0.3) is 5.91 Å². The first-order chi connectivity index (χ1) is 12.1. The van der Waals surface area contributed by atoms with Crippen molar-refractivity contribution in [2.45, 2.75) is 12.8 Å². The highest BCUT2D eigenvalue weighted by atomic mass is 35.5. The average molecular weight is 391 g/mol. The van der Waals surface area contributed by atoms with Gasteiger partial charge in [-0.25, -0.2) is 0 Å². The number of amides is 1. The second-order valence-corrected chi connectivity index (χ2v) is 7.92. The zero-order valence-electron chi connectivity index (χ0n) is 13.4. The molecule has 0 radical (unpaired) electrons. The van der Waals surface area contributed by atoms with Crippen LogP contribution in [-0.4, -0.2) is 19.0 Å². The largest absolute Gasteiger partial charge is 0.370 e. The summed E-state index contributed by atoms with van der Waals surface area (Å²) in [5.41, 5.74) is 1.88. The van der Waals surface area contributed by atoms with Crippen LogP contribution in [0.2, 0.25) is 10.0 Å². The number of nitrogens with one attached hydrogen (secondary N) is 1. The Labute approximate surface area is 160 Å². The van der Waals surface area contributed by atoms with Crippen molar-refractivity contribution in [3.63, 3.8) is 0 Å².